The Hall–Kier alpha value is -1.42. The fourth-order valence-corrected chi connectivity index (χ4v) is 1.91. The van der Waals surface area contributed by atoms with Crippen LogP contribution in [0.3, 0.4) is 0 Å². The molecule has 1 N–H and O–H groups in total. The minimum atomic E-state index is 0.702. The molecular weight excluding hydrogens is 230 g/mol. The van der Waals surface area contributed by atoms with Crippen LogP contribution in [0.25, 0.3) is 0 Å². The van der Waals surface area contributed by atoms with Crippen LogP contribution in [0.15, 0.2) is 12.1 Å². The first-order chi connectivity index (χ1) is 8.76. The van der Waals surface area contributed by atoms with Crippen molar-refractivity contribution in [3.05, 3.63) is 17.7 Å². The smallest absolute Gasteiger partial charge is 0.164 e. The number of benzene rings is 1. The first-order valence-electron chi connectivity index (χ1n) is 6.20. The summed E-state index contributed by atoms with van der Waals surface area (Å²) in [4.78, 5) is 0. The van der Waals surface area contributed by atoms with Gasteiger partial charge in [0.15, 0.2) is 11.5 Å². The highest BCUT2D eigenvalue weighted by Crippen LogP contribution is 2.35. The molecule has 0 aliphatic rings. The first-order valence-corrected chi connectivity index (χ1v) is 6.20. The zero-order chi connectivity index (χ0) is 13.4. The molecule has 0 aliphatic heterocycles. The van der Waals surface area contributed by atoms with Crippen molar-refractivity contribution in [2.24, 2.45) is 0 Å². The van der Waals surface area contributed by atoms with Gasteiger partial charge in [-0.05, 0) is 44.5 Å². The SMILES string of the molecule is CNCCCCc1cc(OC)c(OC)cc1OC. The summed E-state index contributed by atoms with van der Waals surface area (Å²) in [5, 5.41) is 3.15. The summed E-state index contributed by atoms with van der Waals surface area (Å²) in [7, 11) is 6.92. The molecule has 0 heterocycles. The van der Waals surface area contributed by atoms with Crippen molar-refractivity contribution in [3.8, 4) is 17.2 Å². The topological polar surface area (TPSA) is 39.7 Å². The first kappa shape index (κ1) is 14.6. The summed E-state index contributed by atoms with van der Waals surface area (Å²) < 4.78 is 16.0. The summed E-state index contributed by atoms with van der Waals surface area (Å²) >= 11 is 0. The van der Waals surface area contributed by atoms with Crippen molar-refractivity contribution in [1.82, 2.24) is 5.32 Å². The molecule has 4 nitrogen and oxygen atoms in total. The van der Waals surface area contributed by atoms with E-state index in [9.17, 15) is 0 Å². The number of aryl methyl sites for hydroxylation is 1. The molecule has 0 radical (unpaired) electrons. The fourth-order valence-electron chi connectivity index (χ4n) is 1.91. The van der Waals surface area contributed by atoms with Gasteiger partial charge in [-0.1, -0.05) is 0 Å². The summed E-state index contributed by atoms with van der Waals surface area (Å²) in [6.45, 7) is 1.04. The van der Waals surface area contributed by atoms with Crippen molar-refractivity contribution < 1.29 is 14.2 Å². The molecule has 0 amide bonds. The molecule has 0 aromatic heterocycles. The minimum absolute atomic E-state index is 0.702. The van der Waals surface area contributed by atoms with E-state index in [1.54, 1.807) is 21.3 Å². The Labute approximate surface area is 109 Å². The maximum Gasteiger partial charge on any atom is 0.164 e. The molecule has 4 heteroatoms. The average Bonchev–Trinajstić information content (AvgIpc) is 2.42. The molecule has 0 atom stereocenters. The highest BCUT2D eigenvalue weighted by Gasteiger charge is 2.11. The molecule has 0 fully saturated rings. The summed E-state index contributed by atoms with van der Waals surface area (Å²) in [5.74, 6) is 2.31. The van der Waals surface area contributed by atoms with Gasteiger partial charge in [0.2, 0.25) is 0 Å². The third-order valence-electron chi connectivity index (χ3n) is 2.91. The van der Waals surface area contributed by atoms with Gasteiger partial charge in [-0.3, -0.25) is 0 Å². The van der Waals surface area contributed by atoms with Crippen LogP contribution in [0.1, 0.15) is 18.4 Å². The molecule has 0 unspecified atom stereocenters. The second kappa shape index (κ2) is 7.82. The van der Waals surface area contributed by atoms with E-state index in [0.29, 0.717) is 5.75 Å². The third-order valence-corrected chi connectivity index (χ3v) is 2.91. The van der Waals surface area contributed by atoms with E-state index in [-0.39, 0.29) is 0 Å². The third kappa shape index (κ3) is 3.81. The standard InChI is InChI=1S/C14H23NO3/c1-15-8-6-5-7-11-9-13(17-3)14(18-4)10-12(11)16-2/h9-10,15H,5-8H2,1-4H3. The lowest BCUT2D eigenvalue weighted by molar-refractivity contribution is 0.347. The number of hydrogen-bond acceptors (Lipinski definition) is 4. The molecule has 1 rings (SSSR count). The van der Waals surface area contributed by atoms with Crippen molar-refractivity contribution in [2.75, 3.05) is 34.9 Å². The highest BCUT2D eigenvalue weighted by molar-refractivity contribution is 5.50. The zero-order valence-electron chi connectivity index (χ0n) is 11.7. The van der Waals surface area contributed by atoms with Gasteiger partial charge in [0.25, 0.3) is 0 Å². The molecule has 0 aliphatic carbocycles. The van der Waals surface area contributed by atoms with Crippen molar-refractivity contribution in [1.29, 1.82) is 0 Å². The number of nitrogens with one attached hydrogen (secondary N) is 1. The lowest BCUT2D eigenvalue weighted by Crippen LogP contribution is -2.07. The molecule has 102 valence electrons. The average molecular weight is 253 g/mol. The molecule has 0 bridgehead atoms. The van der Waals surface area contributed by atoms with Crippen molar-refractivity contribution in [3.63, 3.8) is 0 Å². The van der Waals surface area contributed by atoms with E-state index >= 15 is 0 Å². The Morgan fingerprint density at radius 1 is 0.889 bits per heavy atom. The molecular formula is C14H23NO3. The van der Waals surface area contributed by atoms with E-state index < -0.39 is 0 Å². The Kier molecular flexibility index (Phi) is 6.36. The van der Waals surface area contributed by atoms with Crippen LogP contribution < -0.4 is 19.5 Å². The van der Waals surface area contributed by atoms with Gasteiger partial charge in [-0.15, -0.1) is 0 Å². The minimum Gasteiger partial charge on any atom is -0.496 e. The molecule has 0 saturated heterocycles. The van der Waals surface area contributed by atoms with Crippen LogP contribution in [-0.4, -0.2) is 34.9 Å². The Morgan fingerprint density at radius 3 is 2.06 bits per heavy atom. The van der Waals surface area contributed by atoms with Gasteiger partial charge < -0.3 is 19.5 Å². The fraction of sp³-hybridized carbons (Fsp3) is 0.571. The van der Waals surface area contributed by atoms with Gasteiger partial charge in [-0.25, -0.2) is 0 Å². The second-order valence-electron chi connectivity index (χ2n) is 4.08. The van der Waals surface area contributed by atoms with Gasteiger partial charge in [-0.2, -0.15) is 0 Å². The zero-order valence-corrected chi connectivity index (χ0v) is 11.7. The van der Waals surface area contributed by atoms with Crippen LogP contribution in [-0.2, 0) is 6.42 Å². The van der Waals surface area contributed by atoms with Crippen molar-refractivity contribution in [2.45, 2.75) is 19.3 Å². The summed E-state index contributed by atoms with van der Waals surface area (Å²) in [5.41, 5.74) is 1.16. The van der Waals surface area contributed by atoms with Gasteiger partial charge in [0.1, 0.15) is 5.75 Å². The van der Waals surface area contributed by atoms with Crippen LogP contribution in [0, 0.1) is 0 Å². The number of hydrogen-bond donors (Lipinski definition) is 1. The maximum atomic E-state index is 5.39. The van der Waals surface area contributed by atoms with E-state index in [0.717, 1.165) is 42.9 Å². The van der Waals surface area contributed by atoms with Gasteiger partial charge in [0, 0.05) is 6.07 Å². The van der Waals surface area contributed by atoms with Crippen LogP contribution in [0.4, 0.5) is 0 Å². The Bertz CT molecular complexity index is 366. The molecule has 1 aromatic carbocycles. The predicted octanol–water partition coefficient (Wildman–Crippen LogP) is 2.25. The summed E-state index contributed by atoms with van der Waals surface area (Å²) in [6, 6.07) is 3.88. The molecule has 0 spiro atoms. The Balaban J connectivity index is 2.81. The molecule has 0 saturated carbocycles. The second-order valence-corrected chi connectivity index (χ2v) is 4.08. The predicted molar refractivity (Wildman–Crippen MR) is 73.0 cm³/mol. The number of unbranched alkanes of at least 4 members (excludes halogenated alkanes) is 1. The number of rotatable bonds is 8. The van der Waals surface area contributed by atoms with E-state index in [4.69, 9.17) is 14.2 Å². The van der Waals surface area contributed by atoms with Crippen molar-refractivity contribution >= 4 is 0 Å². The van der Waals surface area contributed by atoms with Gasteiger partial charge in [0.05, 0.1) is 21.3 Å². The van der Waals surface area contributed by atoms with Crippen LogP contribution in [0.5, 0.6) is 17.2 Å². The van der Waals surface area contributed by atoms with E-state index in [1.807, 2.05) is 19.2 Å². The number of methoxy groups -OCH3 is 3. The molecule has 18 heavy (non-hydrogen) atoms. The van der Waals surface area contributed by atoms with E-state index in [1.165, 1.54) is 0 Å². The monoisotopic (exact) mass is 253 g/mol. The molecule has 1 aromatic rings. The van der Waals surface area contributed by atoms with Gasteiger partial charge >= 0.3 is 0 Å². The summed E-state index contributed by atoms with van der Waals surface area (Å²) in [6.07, 6.45) is 3.24. The quantitative estimate of drug-likeness (QED) is 0.721. The highest BCUT2D eigenvalue weighted by atomic mass is 16.5. The largest absolute Gasteiger partial charge is 0.496 e. The van der Waals surface area contributed by atoms with Crippen LogP contribution >= 0.6 is 0 Å². The normalized spacial score (nSPS) is 10.2. The lowest BCUT2D eigenvalue weighted by atomic mass is 10.1. The van der Waals surface area contributed by atoms with E-state index in [2.05, 4.69) is 5.32 Å². The Morgan fingerprint density at radius 2 is 1.50 bits per heavy atom. The maximum absolute atomic E-state index is 5.39. The lowest BCUT2D eigenvalue weighted by Gasteiger charge is -2.14. The van der Waals surface area contributed by atoms with Crippen LogP contribution in [0.2, 0.25) is 0 Å². The number of ether oxygens (including phenoxy) is 3.